The number of methoxy groups -OCH3 is 1. The summed E-state index contributed by atoms with van der Waals surface area (Å²) in [5.74, 6) is -0.416. The van der Waals surface area contributed by atoms with Crippen LogP contribution in [-0.4, -0.2) is 30.6 Å². The van der Waals surface area contributed by atoms with Gasteiger partial charge in [0.15, 0.2) is 0 Å². The third-order valence-corrected chi connectivity index (χ3v) is 1.57. The van der Waals surface area contributed by atoms with Gasteiger partial charge in [0, 0.05) is 6.54 Å². The van der Waals surface area contributed by atoms with Gasteiger partial charge in [-0.15, -0.1) is 0 Å². The van der Waals surface area contributed by atoms with Crippen molar-refractivity contribution in [2.45, 2.75) is 19.8 Å². The molecule has 0 rings (SSSR count). The minimum absolute atomic E-state index is 0.383. The Balaban J connectivity index is 4.26. The quantitative estimate of drug-likeness (QED) is 0.624. The second kappa shape index (κ2) is 6.22. The van der Waals surface area contributed by atoms with Gasteiger partial charge in [0.05, 0.1) is 7.11 Å². The summed E-state index contributed by atoms with van der Waals surface area (Å²) in [5.41, 5.74) is 0. The van der Waals surface area contributed by atoms with E-state index in [9.17, 15) is 9.59 Å². The number of rotatable bonds is 4. The van der Waals surface area contributed by atoms with Crippen molar-refractivity contribution in [2.24, 2.45) is 0 Å². The number of unbranched alkanes of at least 4 members (excludes halogenated alkanes) is 1. The van der Waals surface area contributed by atoms with Crippen LogP contribution in [0.25, 0.3) is 0 Å². The van der Waals surface area contributed by atoms with E-state index in [0.717, 1.165) is 23.8 Å². The molecule has 0 aromatic carbocycles. The summed E-state index contributed by atoms with van der Waals surface area (Å²) >= 11 is 0. The number of hydrogen-bond acceptors (Lipinski definition) is 3. The van der Waals surface area contributed by atoms with Crippen LogP contribution in [0.3, 0.4) is 0 Å². The first-order valence-corrected chi connectivity index (χ1v) is 4.19. The minimum atomic E-state index is -0.627. The van der Waals surface area contributed by atoms with E-state index in [1.807, 2.05) is 6.92 Å². The molecule has 0 fully saturated rings. The molecule has 0 aromatic rings. The monoisotopic (exact) mass is 185 g/mol. The van der Waals surface area contributed by atoms with E-state index in [1.54, 1.807) is 0 Å². The molecule has 0 bridgehead atoms. The van der Waals surface area contributed by atoms with E-state index in [1.165, 1.54) is 7.11 Å². The molecule has 13 heavy (non-hydrogen) atoms. The molecular weight excluding hydrogens is 170 g/mol. The molecule has 0 aromatic heterocycles. The molecule has 0 saturated carbocycles. The van der Waals surface area contributed by atoms with Crippen LogP contribution in [-0.2, 0) is 9.53 Å². The summed E-state index contributed by atoms with van der Waals surface area (Å²) in [6.45, 7) is 5.67. The molecule has 0 aliphatic carbocycles. The molecule has 2 amide bonds. The van der Waals surface area contributed by atoms with Gasteiger partial charge in [-0.3, -0.25) is 4.79 Å². The van der Waals surface area contributed by atoms with Crippen molar-refractivity contribution in [3.05, 3.63) is 12.7 Å². The van der Waals surface area contributed by atoms with Crippen molar-refractivity contribution >= 4 is 12.0 Å². The van der Waals surface area contributed by atoms with Gasteiger partial charge in [0.2, 0.25) is 0 Å². The van der Waals surface area contributed by atoms with Gasteiger partial charge in [-0.2, -0.15) is 0 Å². The van der Waals surface area contributed by atoms with Gasteiger partial charge in [0.1, 0.15) is 0 Å². The molecule has 0 aliphatic rings. The maximum atomic E-state index is 11.1. The normalized spacial score (nSPS) is 9.08. The number of hydrogen-bond donors (Lipinski definition) is 0. The van der Waals surface area contributed by atoms with Crippen LogP contribution < -0.4 is 0 Å². The molecule has 0 spiro atoms. The first-order chi connectivity index (χ1) is 6.17. The van der Waals surface area contributed by atoms with Crippen LogP contribution in [0.1, 0.15) is 19.8 Å². The Kier molecular flexibility index (Phi) is 5.59. The maximum absolute atomic E-state index is 11.1. The van der Waals surface area contributed by atoms with Gasteiger partial charge < -0.3 is 4.74 Å². The maximum Gasteiger partial charge on any atom is 0.416 e. The van der Waals surface area contributed by atoms with Crippen molar-refractivity contribution in [2.75, 3.05) is 13.7 Å². The lowest BCUT2D eigenvalue weighted by Crippen LogP contribution is -2.36. The standard InChI is InChI=1S/C9H15NO3/c1-4-6-7-10(8(11)5-2)9(12)13-3/h5H,2,4,6-7H2,1,3H3. The van der Waals surface area contributed by atoms with Crippen LogP contribution in [0.5, 0.6) is 0 Å². The van der Waals surface area contributed by atoms with Crippen LogP contribution in [0.4, 0.5) is 4.79 Å². The van der Waals surface area contributed by atoms with Crippen LogP contribution >= 0.6 is 0 Å². The van der Waals surface area contributed by atoms with Crippen molar-refractivity contribution in [3.8, 4) is 0 Å². The summed E-state index contributed by atoms with van der Waals surface area (Å²) in [5, 5.41) is 0. The topological polar surface area (TPSA) is 46.6 Å². The highest BCUT2D eigenvalue weighted by Gasteiger charge is 2.18. The third-order valence-electron chi connectivity index (χ3n) is 1.57. The Morgan fingerprint density at radius 1 is 1.54 bits per heavy atom. The Labute approximate surface area is 78.2 Å². The second-order valence-electron chi connectivity index (χ2n) is 2.52. The van der Waals surface area contributed by atoms with Crippen molar-refractivity contribution < 1.29 is 14.3 Å². The smallest absolute Gasteiger partial charge is 0.416 e. The first-order valence-electron chi connectivity index (χ1n) is 4.19. The second-order valence-corrected chi connectivity index (χ2v) is 2.52. The van der Waals surface area contributed by atoms with Crippen LogP contribution in [0.15, 0.2) is 12.7 Å². The minimum Gasteiger partial charge on any atom is -0.452 e. The van der Waals surface area contributed by atoms with Crippen molar-refractivity contribution in [3.63, 3.8) is 0 Å². The van der Waals surface area contributed by atoms with E-state index in [4.69, 9.17) is 0 Å². The Bertz CT molecular complexity index is 201. The fraction of sp³-hybridized carbons (Fsp3) is 0.556. The lowest BCUT2D eigenvalue weighted by atomic mass is 10.3. The predicted octanol–water partition coefficient (Wildman–Crippen LogP) is 1.57. The average Bonchev–Trinajstić information content (AvgIpc) is 2.17. The fourth-order valence-electron chi connectivity index (χ4n) is 0.828. The van der Waals surface area contributed by atoms with Gasteiger partial charge in [-0.25, -0.2) is 9.69 Å². The van der Waals surface area contributed by atoms with Gasteiger partial charge in [0.25, 0.3) is 5.91 Å². The molecule has 0 heterocycles. The molecule has 0 N–H and O–H groups in total. The number of amides is 2. The fourth-order valence-corrected chi connectivity index (χ4v) is 0.828. The van der Waals surface area contributed by atoms with Crippen LogP contribution in [0, 0.1) is 0 Å². The molecule has 0 aliphatic heterocycles. The van der Waals surface area contributed by atoms with Crippen molar-refractivity contribution in [1.29, 1.82) is 0 Å². The Morgan fingerprint density at radius 3 is 2.54 bits per heavy atom. The lowest BCUT2D eigenvalue weighted by molar-refractivity contribution is -0.124. The number of ether oxygens (including phenoxy) is 1. The highest BCUT2D eigenvalue weighted by molar-refractivity contribution is 5.98. The number of carbonyl (C=O) groups is 2. The molecule has 4 heteroatoms. The van der Waals surface area contributed by atoms with E-state index in [-0.39, 0.29) is 0 Å². The zero-order chi connectivity index (χ0) is 10.3. The number of imide groups is 1. The van der Waals surface area contributed by atoms with Crippen LogP contribution in [0.2, 0.25) is 0 Å². The molecular formula is C9H15NO3. The number of nitrogens with zero attached hydrogens (tertiary/aromatic N) is 1. The molecule has 4 nitrogen and oxygen atoms in total. The van der Waals surface area contributed by atoms with E-state index < -0.39 is 12.0 Å². The molecule has 74 valence electrons. The Morgan fingerprint density at radius 2 is 2.15 bits per heavy atom. The van der Waals surface area contributed by atoms with Crippen molar-refractivity contribution in [1.82, 2.24) is 4.90 Å². The van der Waals surface area contributed by atoms with E-state index in [2.05, 4.69) is 11.3 Å². The molecule has 0 atom stereocenters. The van der Waals surface area contributed by atoms with Gasteiger partial charge in [-0.1, -0.05) is 19.9 Å². The average molecular weight is 185 g/mol. The zero-order valence-corrected chi connectivity index (χ0v) is 8.08. The predicted molar refractivity (Wildman–Crippen MR) is 49.2 cm³/mol. The summed E-state index contributed by atoms with van der Waals surface area (Å²) in [6, 6.07) is 0. The summed E-state index contributed by atoms with van der Waals surface area (Å²) in [7, 11) is 1.25. The molecule has 0 radical (unpaired) electrons. The summed E-state index contributed by atoms with van der Waals surface area (Å²) in [6.07, 6.45) is 2.16. The highest BCUT2D eigenvalue weighted by atomic mass is 16.5. The SMILES string of the molecule is C=CC(=O)N(CCCC)C(=O)OC. The zero-order valence-electron chi connectivity index (χ0n) is 8.08. The largest absolute Gasteiger partial charge is 0.452 e. The summed E-state index contributed by atoms with van der Waals surface area (Å²) < 4.78 is 4.45. The van der Waals surface area contributed by atoms with E-state index in [0.29, 0.717) is 6.54 Å². The molecule has 0 unspecified atom stereocenters. The first kappa shape index (κ1) is 11.7. The summed E-state index contributed by atoms with van der Waals surface area (Å²) in [4.78, 5) is 23.2. The number of carbonyl (C=O) groups excluding carboxylic acids is 2. The molecule has 0 saturated heterocycles. The lowest BCUT2D eigenvalue weighted by Gasteiger charge is -2.16. The Hall–Kier alpha value is -1.32. The third kappa shape index (κ3) is 3.73. The van der Waals surface area contributed by atoms with Gasteiger partial charge in [-0.05, 0) is 12.5 Å². The highest BCUT2D eigenvalue weighted by Crippen LogP contribution is 1.99. The van der Waals surface area contributed by atoms with E-state index >= 15 is 0 Å². The van der Waals surface area contributed by atoms with Gasteiger partial charge >= 0.3 is 6.09 Å².